The van der Waals surface area contributed by atoms with Crippen LogP contribution in [0.3, 0.4) is 0 Å². The van der Waals surface area contributed by atoms with Crippen molar-refractivity contribution in [2.24, 2.45) is 0 Å². The van der Waals surface area contributed by atoms with E-state index in [1.807, 2.05) is 0 Å². The van der Waals surface area contributed by atoms with Gasteiger partial charge in [-0.05, 0) is 0 Å². The number of rotatable bonds is 10. The molecule has 0 fully saturated rings. The summed E-state index contributed by atoms with van der Waals surface area (Å²) in [7, 11) is -4.67. The quantitative estimate of drug-likeness (QED) is 0.222. The first-order chi connectivity index (χ1) is 8.41. The Balaban J connectivity index is -0.0000000627. The van der Waals surface area contributed by atoms with Crippen LogP contribution in [0.5, 0.6) is 0 Å². The molecule has 0 amide bonds. The van der Waals surface area contributed by atoms with Gasteiger partial charge in [0.05, 0.1) is 0 Å². The van der Waals surface area contributed by atoms with Gasteiger partial charge in [0.2, 0.25) is 0 Å². The van der Waals surface area contributed by atoms with Crippen LogP contribution >= 0.6 is 0 Å². The minimum Gasteiger partial charge on any atom is -0.412 e. The Kier molecular flexibility index (Phi) is 51.7. The van der Waals surface area contributed by atoms with Crippen molar-refractivity contribution in [1.29, 1.82) is 0 Å². The molecule has 0 spiro atoms. The van der Waals surface area contributed by atoms with E-state index in [1.165, 1.54) is 95.8 Å². The van der Waals surface area contributed by atoms with Gasteiger partial charge in [0.15, 0.2) is 0 Å². The maximum Gasteiger partial charge on any atom is 0.394 e. The molecular weight excluding hydrogens is 321 g/mol. The summed E-state index contributed by atoms with van der Waals surface area (Å²) in [6, 6.07) is 0. The van der Waals surface area contributed by atoms with Crippen molar-refractivity contribution in [3.05, 3.63) is 0 Å². The van der Waals surface area contributed by atoms with Crippen molar-refractivity contribution in [1.82, 2.24) is 18.5 Å². The zero-order valence-corrected chi connectivity index (χ0v) is 17.3. The van der Waals surface area contributed by atoms with Crippen molar-refractivity contribution in [3.63, 3.8) is 0 Å². The third-order valence-corrected chi connectivity index (χ3v) is 3.41. The Morgan fingerprint density at radius 3 is 1.18 bits per heavy atom. The minimum atomic E-state index is -4.67. The van der Waals surface area contributed by atoms with Gasteiger partial charge in [-0.15, -0.1) is 0 Å². The van der Waals surface area contributed by atoms with Gasteiger partial charge in [-0.25, -0.2) is 0 Å². The fourth-order valence-corrected chi connectivity index (χ4v) is 2.24. The molecule has 0 heterocycles. The Bertz CT molecular complexity index is 239. The number of unbranched alkanes of at least 4 members (excludes halogenated alkanes) is 9. The van der Waals surface area contributed by atoms with E-state index in [9.17, 15) is 0 Å². The van der Waals surface area contributed by atoms with Gasteiger partial charge in [-0.1, -0.05) is 0 Å². The minimum absolute atomic E-state index is 0. The molecule has 0 atom stereocenters. The molecule has 0 saturated heterocycles. The second-order valence-electron chi connectivity index (χ2n) is 4.63. The predicted octanol–water partition coefficient (Wildman–Crippen LogP) is 3.50. The molecular formula is C12H38N3NaO5S. The maximum absolute atomic E-state index is 8.74. The normalized spacial score (nSPS) is 8.95. The van der Waals surface area contributed by atoms with Gasteiger partial charge >= 0.3 is 113 Å². The Morgan fingerprint density at radius 1 is 0.727 bits per heavy atom. The summed E-state index contributed by atoms with van der Waals surface area (Å²) in [6.07, 6.45) is 14.7. The number of hydrogen-bond donors (Lipinski definition) is 5. The van der Waals surface area contributed by atoms with E-state index >= 15 is 0 Å². The van der Waals surface area contributed by atoms with Crippen molar-refractivity contribution >= 4 is 38.3 Å². The SMILES string of the molecule is CCCCCCCCCCC[CH2][Na].N.N.N.O.O=S(=O)(O)O. The molecule has 0 rings (SSSR count). The largest absolute Gasteiger partial charge is 0.412 e. The summed E-state index contributed by atoms with van der Waals surface area (Å²) in [4.78, 5) is 0. The fourth-order valence-electron chi connectivity index (χ4n) is 1.74. The molecule has 0 bridgehead atoms. The van der Waals surface area contributed by atoms with E-state index in [0.717, 1.165) is 0 Å². The van der Waals surface area contributed by atoms with E-state index in [1.54, 1.807) is 0 Å². The molecule has 22 heavy (non-hydrogen) atoms. The van der Waals surface area contributed by atoms with Gasteiger partial charge in [0, 0.05) is 0 Å². The zero-order chi connectivity index (χ0) is 14.3. The molecule has 0 unspecified atom stereocenters. The third-order valence-electron chi connectivity index (χ3n) is 2.71. The molecule has 0 aliphatic rings. The van der Waals surface area contributed by atoms with E-state index in [-0.39, 0.29) is 23.9 Å². The second kappa shape index (κ2) is 29.7. The van der Waals surface area contributed by atoms with Crippen molar-refractivity contribution in [2.45, 2.75) is 74.8 Å². The monoisotopic (exact) mass is 359 g/mol. The van der Waals surface area contributed by atoms with E-state index < -0.39 is 10.4 Å². The van der Waals surface area contributed by atoms with Crippen LogP contribution in [-0.4, -0.2) is 50.9 Å². The van der Waals surface area contributed by atoms with Gasteiger partial charge in [-0.2, -0.15) is 8.42 Å². The topological polar surface area (TPSA) is 211 Å². The standard InChI is InChI=1S/C12H25.3H3N.Na.H2O4S.H2O/c1-3-5-7-9-11-12-10-8-6-4-2;;;;;1-5(2,3)4;/h1,3-12H2,2H3;3*1H3;;(H2,1,2,3,4);1H2. The van der Waals surface area contributed by atoms with Crippen LogP contribution < -0.4 is 18.5 Å². The summed E-state index contributed by atoms with van der Waals surface area (Å²) in [5.41, 5.74) is 0. The molecule has 13 N–H and O–H groups in total. The summed E-state index contributed by atoms with van der Waals surface area (Å²) >= 11 is 1.41. The van der Waals surface area contributed by atoms with Crippen molar-refractivity contribution < 1.29 is 23.0 Å². The van der Waals surface area contributed by atoms with Crippen LogP contribution in [0.15, 0.2) is 0 Å². The van der Waals surface area contributed by atoms with Crippen LogP contribution in [0.2, 0.25) is 3.67 Å². The van der Waals surface area contributed by atoms with Gasteiger partial charge in [0.25, 0.3) is 0 Å². The van der Waals surface area contributed by atoms with E-state index in [4.69, 9.17) is 17.5 Å². The first-order valence-corrected chi connectivity index (χ1v) is 9.92. The van der Waals surface area contributed by atoms with Gasteiger partial charge in [-0.3, -0.25) is 9.11 Å². The van der Waals surface area contributed by atoms with Gasteiger partial charge < -0.3 is 23.9 Å². The molecule has 0 aliphatic heterocycles. The second-order valence-corrected chi connectivity index (χ2v) is 6.53. The van der Waals surface area contributed by atoms with Crippen molar-refractivity contribution in [2.75, 3.05) is 0 Å². The smallest absolute Gasteiger partial charge is 0.394 e. The fraction of sp³-hybridized carbons (Fsp3) is 1.00. The average Bonchev–Trinajstić information content (AvgIpc) is 2.25. The summed E-state index contributed by atoms with van der Waals surface area (Å²) in [5.74, 6) is 0. The molecule has 0 aromatic rings. The molecule has 0 aromatic heterocycles. The van der Waals surface area contributed by atoms with E-state index in [2.05, 4.69) is 6.92 Å². The van der Waals surface area contributed by atoms with Crippen LogP contribution in [-0.2, 0) is 10.4 Å². The first kappa shape index (κ1) is 38.3. The van der Waals surface area contributed by atoms with Crippen molar-refractivity contribution in [3.8, 4) is 0 Å². The first-order valence-electron chi connectivity index (χ1n) is 7.11. The molecule has 138 valence electrons. The average molecular weight is 360 g/mol. The molecule has 10 heteroatoms. The molecule has 0 radical (unpaired) electrons. The third kappa shape index (κ3) is 70.1. The number of hydrogen-bond acceptors (Lipinski definition) is 5. The predicted molar refractivity (Wildman–Crippen MR) is 95.3 cm³/mol. The Hall–Kier alpha value is 0.710. The molecule has 0 aliphatic carbocycles. The van der Waals surface area contributed by atoms with Crippen LogP contribution in [0.4, 0.5) is 0 Å². The summed E-state index contributed by atoms with van der Waals surface area (Å²) in [5, 5.41) is 0. The van der Waals surface area contributed by atoms with Gasteiger partial charge in [0.1, 0.15) is 0 Å². The van der Waals surface area contributed by atoms with Crippen LogP contribution in [0, 0.1) is 0 Å². The van der Waals surface area contributed by atoms with E-state index in [0.29, 0.717) is 0 Å². The molecule has 8 nitrogen and oxygen atoms in total. The maximum atomic E-state index is 8.74. The Labute approximate surface area is 154 Å². The van der Waals surface area contributed by atoms with Crippen LogP contribution in [0.1, 0.15) is 71.1 Å². The summed E-state index contributed by atoms with van der Waals surface area (Å²) < 4.78 is 33.1. The summed E-state index contributed by atoms with van der Waals surface area (Å²) in [6.45, 7) is 2.29. The van der Waals surface area contributed by atoms with Crippen LogP contribution in [0.25, 0.3) is 0 Å². The molecule has 0 aromatic carbocycles. The Morgan fingerprint density at radius 2 is 0.955 bits per heavy atom. The zero-order valence-electron chi connectivity index (χ0n) is 14.5. The molecule has 0 saturated carbocycles.